The smallest absolute Gasteiger partial charge is 0.259 e. The number of carbonyl (C=O) groups is 2. The molecule has 1 aromatic heterocycles. The average molecular weight is 569 g/mol. The lowest BCUT2D eigenvalue weighted by Gasteiger charge is -2.24. The highest BCUT2D eigenvalue weighted by Gasteiger charge is 2.42. The summed E-state index contributed by atoms with van der Waals surface area (Å²) in [5.74, 6) is 0.805. The molecule has 2 aliphatic heterocycles. The van der Waals surface area contributed by atoms with E-state index in [2.05, 4.69) is 63.4 Å². The Morgan fingerprint density at radius 1 is 0.683 bits per heavy atom. The number of hydrogen-bond acceptors (Lipinski definition) is 3. The molecule has 0 saturated carbocycles. The van der Waals surface area contributed by atoms with E-state index < -0.39 is 0 Å². The Morgan fingerprint density at radius 3 is 1.83 bits per heavy atom. The van der Waals surface area contributed by atoms with Crippen LogP contribution in [0.25, 0.3) is 21.6 Å². The molecule has 0 spiro atoms. The van der Waals surface area contributed by atoms with Crippen LogP contribution in [0.1, 0.15) is 90.2 Å². The molecule has 0 radical (unpaired) electrons. The molecule has 0 N–H and O–H groups in total. The molecule has 41 heavy (non-hydrogen) atoms. The van der Waals surface area contributed by atoms with Crippen molar-refractivity contribution in [3.63, 3.8) is 0 Å². The number of benzene rings is 2. The molecule has 2 aromatic carbocycles. The second kappa shape index (κ2) is 13.2. The molecule has 2 amide bonds. The van der Waals surface area contributed by atoms with Crippen LogP contribution in [0.3, 0.4) is 0 Å². The van der Waals surface area contributed by atoms with Crippen molar-refractivity contribution in [2.24, 2.45) is 11.8 Å². The summed E-state index contributed by atoms with van der Waals surface area (Å²) in [7, 11) is 0. The van der Waals surface area contributed by atoms with E-state index in [9.17, 15) is 9.59 Å². The Kier molecular flexibility index (Phi) is 9.44. The van der Waals surface area contributed by atoms with Crippen molar-refractivity contribution in [2.75, 3.05) is 22.9 Å². The number of nitrogens with zero attached hydrogens (tertiary/aromatic N) is 2. The van der Waals surface area contributed by atoms with Crippen LogP contribution in [-0.2, 0) is 9.59 Å². The van der Waals surface area contributed by atoms with Crippen molar-refractivity contribution in [1.29, 1.82) is 0 Å². The zero-order chi connectivity index (χ0) is 28.9. The summed E-state index contributed by atoms with van der Waals surface area (Å²) in [6.45, 7) is 10.3. The summed E-state index contributed by atoms with van der Waals surface area (Å²) >= 11 is 1.71. The maximum absolute atomic E-state index is 14.5. The number of hydrogen-bond donors (Lipinski definition) is 0. The van der Waals surface area contributed by atoms with Crippen LogP contribution < -0.4 is 9.80 Å². The molecule has 2 unspecified atom stereocenters. The van der Waals surface area contributed by atoms with E-state index in [1.165, 1.54) is 11.3 Å². The molecule has 216 valence electrons. The van der Waals surface area contributed by atoms with Gasteiger partial charge in [-0.3, -0.25) is 9.59 Å². The topological polar surface area (TPSA) is 40.6 Å². The summed E-state index contributed by atoms with van der Waals surface area (Å²) < 4.78 is 0. The third-order valence-electron chi connectivity index (χ3n) is 8.96. The Balaban J connectivity index is 1.61. The van der Waals surface area contributed by atoms with Crippen molar-refractivity contribution in [2.45, 2.75) is 79.1 Å². The number of amides is 2. The van der Waals surface area contributed by atoms with Crippen LogP contribution in [0.15, 0.2) is 60.0 Å². The van der Waals surface area contributed by atoms with E-state index in [0.29, 0.717) is 36.1 Å². The lowest BCUT2D eigenvalue weighted by Crippen LogP contribution is -2.34. The third kappa shape index (κ3) is 5.79. The van der Waals surface area contributed by atoms with Gasteiger partial charge in [0, 0.05) is 29.1 Å². The highest BCUT2D eigenvalue weighted by atomic mass is 32.1. The van der Waals surface area contributed by atoms with Gasteiger partial charge in [-0.2, -0.15) is 0 Å². The number of thiophene rings is 1. The summed E-state index contributed by atoms with van der Waals surface area (Å²) in [6, 6.07) is 18.6. The number of unbranched alkanes of at least 4 members (excludes halogenated alkanes) is 2. The van der Waals surface area contributed by atoms with E-state index in [0.717, 1.165) is 73.0 Å². The minimum Gasteiger partial charge on any atom is -0.307 e. The first-order valence-electron chi connectivity index (χ1n) is 15.7. The fraction of sp³-hybridized carbons (Fsp3) is 0.444. The van der Waals surface area contributed by atoms with Crippen LogP contribution in [0.5, 0.6) is 0 Å². The Morgan fingerprint density at radius 2 is 1.27 bits per heavy atom. The predicted molar refractivity (Wildman–Crippen MR) is 174 cm³/mol. The highest BCUT2D eigenvalue weighted by molar-refractivity contribution is 7.13. The standard InChI is InChI=1S/C36H44N2O2S/c1-5-9-14-25(7-3)23-37-30-17-12-11-16-28(30)33(35(37)39)34-29-20-19-27(32-18-13-21-41-32)22-31(29)38(36(34)40)24-26(8-4)15-10-6-2/h11-13,16-22,25-26H,5-10,14-15,23-24H2,1-4H3/b34-33-. The molecule has 2 atom stereocenters. The number of fused-ring (bicyclic) bond motifs is 2. The molecule has 0 aliphatic carbocycles. The minimum atomic E-state index is -0.0312. The molecule has 0 saturated heterocycles. The molecule has 3 aromatic rings. The summed E-state index contributed by atoms with van der Waals surface area (Å²) in [5, 5.41) is 2.09. The largest absolute Gasteiger partial charge is 0.307 e. The number of anilines is 2. The molecule has 5 rings (SSSR count). The van der Waals surface area contributed by atoms with Crippen molar-refractivity contribution in [3.8, 4) is 10.4 Å². The van der Waals surface area contributed by atoms with Gasteiger partial charge in [0.1, 0.15) is 0 Å². The predicted octanol–water partition coefficient (Wildman–Crippen LogP) is 9.45. The van der Waals surface area contributed by atoms with E-state index in [-0.39, 0.29) is 11.8 Å². The summed E-state index contributed by atoms with van der Waals surface area (Å²) in [6.07, 6.45) is 8.92. The maximum Gasteiger partial charge on any atom is 0.259 e. The average Bonchev–Trinajstić information content (AvgIpc) is 3.69. The van der Waals surface area contributed by atoms with E-state index in [4.69, 9.17) is 0 Å². The molecule has 2 aliphatic rings. The molecule has 0 fully saturated rings. The number of para-hydroxylation sites is 1. The van der Waals surface area contributed by atoms with Crippen molar-refractivity contribution in [1.82, 2.24) is 0 Å². The quantitative estimate of drug-likeness (QED) is 0.193. The molecule has 4 nitrogen and oxygen atoms in total. The fourth-order valence-electron chi connectivity index (χ4n) is 6.40. The second-order valence-electron chi connectivity index (χ2n) is 11.6. The monoisotopic (exact) mass is 568 g/mol. The molecule has 0 bridgehead atoms. The van der Waals surface area contributed by atoms with Crippen LogP contribution >= 0.6 is 11.3 Å². The normalized spacial score (nSPS) is 17.8. The van der Waals surface area contributed by atoms with Crippen molar-refractivity contribution < 1.29 is 9.59 Å². The van der Waals surface area contributed by atoms with Crippen molar-refractivity contribution >= 4 is 45.7 Å². The third-order valence-corrected chi connectivity index (χ3v) is 9.88. The lowest BCUT2D eigenvalue weighted by atomic mass is 9.95. The Hall–Kier alpha value is -3.18. The van der Waals surface area contributed by atoms with Gasteiger partial charge in [0.05, 0.1) is 22.5 Å². The van der Waals surface area contributed by atoms with Gasteiger partial charge in [-0.1, -0.05) is 103 Å². The van der Waals surface area contributed by atoms with Gasteiger partial charge in [-0.05, 0) is 53.8 Å². The first-order chi connectivity index (χ1) is 20.0. The Labute approximate surface area is 250 Å². The van der Waals surface area contributed by atoms with Gasteiger partial charge in [-0.25, -0.2) is 0 Å². The zero-order valence-electron chi connectivity index (χ0n) is 25.1. The van der Waals surface area contributed by atoms with Gasteiger partial charge >= 0.3 is 0 Å². The maximum atomic E-state index is 14.5. The lowest BCUT2D eigenvalue weighted by molar-refractivity contribution is -0.114. The molecule has 3 heterocycles. The van der Waals surface area contributed by atoms with Crippen LogP contribution in [0, 0.1) is 11.8 Å². The van der Waals surface area contributed by atoms with Gasteiger partial charge in [-0.15, -0.1) is 11.3 Å². The first-order valence-corrected chi connectivity index (χ1v) is 16.6. The molecule has 5 heteroatoms. The van der Waals surface area contributed by atoms with E-state index in [1.54, 1.807) is 11.3 Å². The van der Waals surface area contributed by atoms with Crippen LogP contribution in [0.2, 0.25) is 0 Å². The molecular weight excluding hydrogens is 524 g/mol. The van der Waals surface area contributed by atoms with Crippen LogP contribution in [-0.4, -0.2) is 24.9 Å². The number of carbonyl (C=O) groups excluding carboxylic acids is 2. The fourth-order valence-corrected chi connectivity index (χ4v) is 7.12. The zero-order valence-corrected chi connectivity index (χ0v) is 25.9. The van der Waals surface area contributed by atoms with Gasteiger partial charge in [0.15, 0.2) is 0 Å². The van der Waals surface area contributed by atoms with Gasteiger partial charge < -0.3 is 9.80 Å². The first kappa shape index (κ1) is 29.3. The van der Waals surface area contributed by atoms with Gasteiger partial charge in [0.2, 0.25) is 0 Å². The SMILES string of the molecule is CCCCC(CC)CN1C(=O)/C(=C2\C(=O)N(CC(CC)CCCC)c3cc(-c4cccs4)ccc32)c2ccccc21. The van der Waals surface area contributed by atoms with Crippen molar-refractivity contribution in [3.05, 3.63) is 71.1 Å². The summed E-state index contributed by atoms with van der Waals surface area (Å²) in [5.41, 5.74) is 5.92. The second-order valence-corrected chi connectivity index (χ2v) is 12.6. The van der Waals surface area contributed by atoms with E-state index >= 15 is 0 Å². The molecular formula is C36H44N2O2S. The minimum absolute atomic E-state index is 0.0299. The van der Waals surface area contributed by atoms with Gasteiger partial charge in [0.25, 0.3) is 11.8 Å². The van der Waals surface area contributed by atoms with Crippen LogP contribution in [0.4, 0.5) is 11.4 Å². The highest BCUT2D eigenvalue weighted by Crippen LogP contribution is 2.48. The number of rotatable bonds is 13. The summed E-state index contributed by atoms with van der Waals surface area (Å²) in [4.78, 5) is 33.9. The van der Waals surface area contributed by atoms with E-state index in [1.807, 2.05) is 34.1 Å². The Bertz CT molecular complexity index is 1410.